The Labute approximate surface area is 147 Å². The molecule has 0 unspecified atom stereocenters. The van der Waals surface area contributed by atoms with Crippen LogP contribution in [0.4, 0.5) is 24.7 Å². The maximum Gasteiger partial charge on any atom is 0.416 e. The van der Waals surface area contributed by atoms with Crippen molar-refractivity contribution in [2.75, 3.05) is 23.8 Å². The van der Waals surface area contributed by atoms with Gasteiger partial charge in [0.05, 0.1) is 23.4 Å². The van der Waals surface area contributed by atoms with Crippen LogP contribution < -0.4 is 15.5 Å². The molecule has 1 aliphatic rings. The Morgan fingerprint density at radius 2 is 2.12 bits per heavy atom. The van der Waals surface area contributed by atoms with Gasteiger partial charge in [-0.3, -0.25) is 9.59 Å². The predicted molar refractivity (Wildman–Crippen MR) is 88.8 cm³/mol. The van der Waals surface area contributed by atoms with Gasteiger partial charge in [0.1, 0.15) is 5.82 Å². The summed E-state index contributed by atoms with van der Waals surface area (Å²) in [7, 11) is 1.58. The van der Waals surface area contributed by atoms with Crippen LogP contribution in [0.25, 0.3) is 0 Å². The highest BCUT2D eigenvalue weighted by Gasteiger charge is 2.30. The maximum absolute atomic E-state index is 12.7. The molecule has 0 spiro atoms. The van der Waals surface area contributed by atoms with E-state index in [0.717, 1.165) is 12.1 Å². The summed E-state index contributed by atoms with van der Waals surface area (Å²) in [5, 5.41) is 5.40. The molecule has 0 bridgehead atoms. The highest BCUT2D eigenvalue weighted by Crippen LogP contribution is 2.30. The van der Waals surface area contributed by atoms with Gasteiger partial charge in [0, 0.05) is 19.8 Å². The number of carbonyl (C=O) groups is 2. The molecular weight excluding hydrogens is 349 g/mol. The molecule has 0 saturated heterocycles. The lowest BCUT2D eigenvalue weighted by Crippen LogP contribution is -2.37. The molecule has 2 N–H and O–H groups in total. The number of fused-ring (bicyclic) bond motifs is 1. The Bertz CT molecular complexity index is 867. The van der Waals surface area contributed by atoms with Crippen LogP contribution in [-0.2, 0) is 17.5 Å². The van der Waals surface area contributed by atoms with Crippen molar-refractivity contribution in [1.82, 2.24) is 10.3 Å². The van der Waals surface area contributed by atoms with Crippen LogP contribution in [0.3, 0.4) is 0 Å². The van der Waals surface area contributed by atoms with Crippen molar-refractivity contribution < 1.29 is 22.8 Å². The molecule has 9 heteroatoms. The molecule has 2 amide bonds. The Balaban J connectivity index is 1.72. The van der Waals surface area contributed by atoms with Crippen molar-refractivity contribution in [1.29, 1.82) is 0 Å². The molecule has 26 heavy (non-hydrogen) atoms. The number of hydrogen-bond donors (Lipinski definition) is 2. The van der Waals surface area contributed by atoms with Gasteiger partial charge >= 0.3 is 6.18 Å². The van der Waals surface area contributed by atoms with Crippen LogP contribution in [0.2, 0.25) is 0 Å². The van der Waals surface area contributed by atoms with Gasteiger partial charge in [-0.1, -0.05) is 12.1 Å². The number of rotatable bonds is 3. The minimum absolute atomic E-state index is 0.0626. The van der Waals surface area contributed by atoms with Crippen LogP contribution in [0.5, 0.6) is 0 Å². The van der Waals surface area contributed by atoms with Crippen molar-refractivity contribution in [3.05, 3.63) is 53.2 Å². The van der Waals surface area contributed by atoms with Crippen molar-refractivity contribution in [3.63, 3.8) is 0 Å². The largest absolute Gasteiger partial charge is 0.416 e. The number of benzene rings is 1. The third-order valence-corrected chi connectivity index (χ3v) is 3.98. The highest BCUT2D eigenvalue weighted by molar-refractivity contribution is 6.03. The number of halogens is 3. The zero-order valence-corrected chi connectivity index (χ0v) is 13.7. The van der Waals surface area contributed by atoms with Crippen molar-refractivity contribution >= 4 is 23.3 Å². The summed E-state index contributed by atoms with van der Waals surface area (Å²) < 4.78 is 38.2. The Kier molecular flexibility index (Phi) is 4.54. The topological polar surface area (TPSA) is 74.3 Å². The van der Waals surface area contributed by atoms with E-state index < -0.39 is 17.6 Å². The first-order chi connectivity index (χ1) is 12.3. The average molecular weight is 364 g/mol. The second kappa shape index (κ2) is 6.66. The third kappa shape index (κ3) is 3.61. The predicted octanol–water partition coefficient (Wildman–Crippen LogP) is 2.42. The number of nitrogens with zero attached hydrogens (tertiary/aromatic N) is 2. The molecule has 0 fully saturated rings. The van der Waals surface area contributed by atoms with Crippen LogP contribution in [0.15, 0.2) is 36.5 Å². The van der Waals surface area contributed by atoms with Crippen LogP contribution in [-0.4, -0.2) is 30.4 Å². The minimum Gasteiger partial charge on any atom is -0.359 e. The van der Waals surface area contributed by atoms with E-state index in [2.05, 4.69) is 15.6 Å². The quantitative estimate of drug-likeness (QED) is 0.877. The molecule has 3 rings (SSSR count). The molecule has 0 atom stereocenters. The van der Waals surface area contributed by atoms with Crippen molar-refractivity contribution in [3.8, 4) is 0 Å². The Morgan fingerprint density at radius 1 is 1.35 bits per heavy atom. The second-order valence-corrected chi connectivity index (χ2v) is 5.78. The number of pyridine rings is 1. The summed E-state index contributed by atoms with van der Waals surface area (Å²) in [6.45, 7) is 0.0600. The zero-order chi connectivity index (χ0) is 18.9. The molecular formula is C17H15F3N4O2. The van der Waals surface area contributed by atoms with Gasteiger partial charge in [0.15, 0.2) is 0 Å². The summed E-state index contributed by atoms with van der Waals surface area (Å²) >= 11 is 0. The molecule has 136 valence electrons. The normalized spacial score (nSPS) is 13.8. The van der Waals surface area contributed by atoms with Crippen molar-refractivity contribution in [2.24, 2.45) is 0 Å². The lowest BCUT2D eigenvalue weighted by Gasteiger charge is -2.26. The summed E-state index contributed by atoms with van der Waals surface area (Å²) in [4.78, 5) is 29.5. The highest BCUT2D eigenvalue weighted by atomic mass is 19.4. The first kappa shape index (κ1) is 17.7. The number of nitrogens with one attached hydrogen (secondary N) is 2. The van der Waals surface area contributed by atoms with E-state index in [4.69, 9.17) is 0 Å². The van der Waals surface area contributed by atoms with E-state index in [-0.39, 0.29) is 24.6 Å². The lowest BCUT2D eigenvalue weighted by molar-refractivity contribution is -0.137. The van der Waals surface area contributed by atoms with Gasteiger partial charge < -0.3 is 15.5 Å². The van der Waals surface area contributed by atoms with E-state index in [9.17, 15) is 22.8 Å². The number of aromatic nitrogens is 1. The van der Waals surface area contributed by atoms with Crippen LogP contribution in [0, 0.1) is 0 Å². The van der Waals surface area contributed by atoms with E-state index in [1.54, 1.807) is 7.05 Å². The summed E-state index contributed by atoms with van der Waals surface area (Å²) in [5.41, 5.74) is 0.228. The van der Waals surface area contributed by atoms with Gasteiger partial charge in [-0.25, -0.2) is 4.98 Å². The van der Waals surface area contributed by atoms with E-state index in [0.29, 0.717) is 17.1 Å². The fourth-order valence-corrected chi connectivity index (χ4v) is 2.52. The smallest absolute Gasteiger partial charge is 0.359 e. The molecule has 2 aromatic rings. The van der Waals surface area contributed by atoms with Gasteiger partial charge in [-0.2, -0.15) is 13.2 Å². The number of anilines is 2. The van der Waals surface area contributed by atoms with Gasteiger partial charge in [0.2, 0.25) is 5.91 Å². The Hall–Kier alpha value is -3.10. The minimum atomic E-state index is -4.44. The molecule has 0 aliphatic carbocycles. The van der Waals surface area contributed by atoms with E-state index >= 15 is 0 Å². The number of amides is 2. The van der Waals surface area contributed by atoms with Gasteiger partial charge in [-0.05, 0) is 23.8 Å². The molecule has 2 heterocycles. The summed E-state index contributed by atoms with van der Waals surface area (Å²) in [6.07, 6.45) is -3.09. The van der Waals surface area contributed by atoms with Crippen molar-refractivity contribution in [2.45, 2.75) is 12.7 Å². The number of alkyl halides is 3. The van der Waals surface area contributed by atoms with Gasteiger partial charge in [-0.15, -0.1) is 0 Å². The monoisotopic (exact) mass is 364 g/mol. The average Bonchev–Trinajstić information content (AvgIpc) is 2.62. The molecule has 1 aliphatic heterocycles. The zero-order valence-electron chi connectivity index (χ0n) is 13.7. The number of carbonyl (C=O) groups excluding carboxylic acids is 2. The summed E-state index contributed by atoms with van der Waals surface area (Å²) in [6, 6.07) is 6.25. The first-order valence-corrected chi connectivity index (χ1v) is 7.70. The number of likely N-dealkylation sites (N-methyl/N-ethyl adjacent to an activating group) is 1. The SMILES string of the molecule is CN1C(=O)CNc2ncc(C(=O)NCc3cccc(C(F)(F)F)c3)cc21. The second-order valence-electron chi connectivity index (χ2n) is 5.78. The standard InChI is InChI=1S/C17H15F3N4O2/c1-24-13-6-11(8-21-15(13)22-9-14(24)25)16(26)23-7-10-3-2-4-12(5-10)17(18,19)20/h2-6,8H,7,9H2,1H3,(H,21,22)(H,23,26). The van der Waals surface area contributed by atoms with Crippen LogP contribution >= 0.6 is 0 Å². The van der Waals surface area contributed by atoms with Crippen LogP contribution in [0.1, 0.15) is 21.5 Å². The molecule has 0 radical (unpaired) electrons. The maximum atomic E-state index is 12.7. The molecule has 1 aromatic heterocycles. The third-order valence-electron chi connectivity index (χ3n) is 3.98. The van der Waals surface area contributed by atoms with E-state index in [1.165, 1.54) is 29.3 Å². The molecule has 1 aromatic carbocycles. The molecule has 6 nitrogen and oxygen atoms in total. The number of hydrogen-bond acceptors (Lipinski definition) is 4. The van der Waals surface area contributed by atoms with Gasteiger partial charge in [0.25, 0.3) is 5.91 Å². The Morgan fingerprint density at radius 3 is 2.85 bits per heavy atom. The molecule has 0 saturated carbocycles. The first-order valence-electron chi connectivity index (χ1n) is 7.70. The fourth-order valence-electron chi connectivity index (χ4n) is 2.52. The van der Waals surface area contributed by atoms with E-state index in [1.807, 2.05) is 0 Å². The fraction of sp³-hybridized carbons (Fsp3) is 0.235. The lowest BCUT2D eigenvalue weighted by atomic mass is 10.1. The summed E-state index contributed by atoms with van der Waals surface area (Å²) in [5.74, 6) is -0.175.